The summed E-state index contributed by atoms with van der Waals surface area (Å²) in [4.78, 5) is 20.1. The van der Waals surface area contributed by atoms with Crippen molar-refractivity contribution >= 4 is 28.2 Å². The van der Waals surface area contributed by atoms with Crippen LogP contribution in [0.3, 0.4) is 0 Å². The van der Waals surface area contributed by atoms with E-state index in [4.69, 9.17) is 9.84 Å². The highest BCUT2D eigenvalue weighted by Gasteiger charge is 2.37. The van der Waals surface area contributed by atoms with Crippen molar-refractivity contribution in [1.82, 2.24) is 19.7 Å². The fourth-order valence-corrected chi connectivity index (χ4v) is 5.28. The fourth-order valence-electron chi connectivity index (χ4n) is 5.28. The highest BCUT2D eigenvalue weighted by atomic mass is 19.4. The maximum atomic E-state index is 14.8. The first kappa shape index (κ1) is 26.9. The van der Waals surface area contributed by atoms with E-state index >= 15 is 0 Å². The standard InChI is InChI=1S/C29H26F4N6O2/c1-17-26(28(40)36-21-4-2-20-15-34-7-6-18(20)12-21)27(19-3-5-23(24(30)13-19)29(31,32)33)39-25(35-17)14-22(37-39)16-38-8-10-41-11-9-38/h2-7,12-15,27,35H,8-11,16H2,1H3,(H,36,40). The molecule has 1 amide bonds. The molecule has 4 aromatic rings. The summed E-state index contributed by atoms with van der Waals surface area (Å²) in [6.07, 6.45) is -1.49. The second-order valence-corrected chi connectivity index (χ2v) is 10.0. The van der Waals surface area contributed by atoms with Crippen molar-refractivity contribution in [3.8, 4) is 0 Å². The molecule has 2 N–H and O–H groups in total. The largest absolute Gasteiger partial charge is 0.419 e. The van der Waals surface area contributed by atoms with Crippen LogP contribution in [0.2, 0.25) is 0 Å². The Hall–Kier alpha value is -4.29. The number of pyridine rings is 1. The van der Waals surface area contributed by atoms with Crippen molar-refractivity contribution in [1.29, 1.82) is 0 Å². The number of hydrogen-bond donors (Lipinski definition) is 2. The zero-order valence-electron chi connectivity index (χ0n) is 22.0. The number of allylic oxidation sites excluding steroid dienone is 1. The van der Waals surface area contributed by atoms with E-state index < -0.39 is 29.5 Å². The van der Waals surface area contributed by atoms with Gasteiger partial charge in [0.1, 0.15) is 17.7 Å². The van der Waals surface area contributed by atoms with Gasteiger partial charge in [-0.15, -0.1) is 0 Å². The molecule has 1 saturated heterocycles. The molecule has 41 heavy (non-hydrogen) atoms. The Balaban J connectivity index is 1.39. The number of benzene rings is 2. The maximum Gasteiger partial charge on any atom is 0.419 e. The topological polar surface area (TPSA) is 84.3 Å². The van der Waals surface area contributed by atoms with Gasteiger partial charge in [0.15, 0.2) is 0 Å². The van der Waals surface area contributed by atoms with Gasteiger partial charge in [0.25, 0.3) is 5.91 Å². The Morgan fingerprint density at radius 3 is 2.66 bits per heavy atom. The zero-order chi connectivity index (χ0) is 28.7. The van der Waals surface area contributed by atoms with Gasteiger partial charge in [-0.3, -0.25) is 14.7 Å². The first-order valence-electron chi connectivity index (χ1n) is 13.1. The van der Waals surface area contributed by atoms with Crippen LogP contribution in [-0.4, -0.2) is 51.9 Å². The Morgan fingerprint density at radius 1 is 1.10 bits per heavy atom. The molecule has 0 spiro atoms. The number of carbonyl (C=O) groups excluding carboxylic acids is 1. The van der Waals surface area contributed by atoms with E-state index in [1.807, 2.05) is 18.2 Å². The van der Waals surface area contributed by atoms with Crippen LogP contribution in [0, 0.1) is 5.82 Å². The van der Waals surface area contributed by atoms with Crippen molar-refractivity contribution in [2.75, 3.05) is 36.9 Å². The minimum Gasteiger partial charge on any atom is -0.379 e. The van der Waals surface area contributed by atoms with E-state index in [2.05, 4.69) is 20.5 Å². The summed E-state index contributed by atoms with van der Waals surface area (Å²) in [5.74, 6) is -1.37. The summed E-state index contributed by atoms with van der Waals surface area (Å²) < 4.78 is 61.8. The molecular formula is C29H26F4N6O2. The summed E-state index contributed by atoms with van der Waals surface area (Å²) in [5, 5.41) is 12.6. The quantitative estimate of drug-likeness (QED) is 0.317. The predicted molar refractivity (Wildman–Crippen MR) is 145 cm³/mol. The van der Waals surface area contributed by atoms with Crippen molar-refractivity contribution in [2.24, 2.45) is 0 Å². The maximum absolute atomic E-state index is 14.8. The van der Waals surface area contributed by atoms with Crippen molar-refractivity contribution in [3.63, 3.8) is 0 Å². The second-order valence-electron chi connectivity index (χ2n) is 10.0. The number of halogens is 4. The number of hydrogen-bond acceptors (Lipinski definition) is 6. The third kappa shape index (κ3) is 5.40. The number of anilines is 2. The first-order valence-corrected chi connectivity index (χ1v) is 13.1. The van der Waals surface area contributed by atoms with Crippen molar-refractivity contribution < 1.29 is 27.1 Å². The summed E-state index contributed by atoms with van der Waals surface area (Å²) >= 11 is 0. The van der Waals surface area contributed by atoms with Crippen LogP contribution >= 0.6 is 0 Å². The molecule has 2 aliphatic heterocycles. The molecule has 2 aromatic carbocycles. The van der Waals surface area contributed by atoms with Gasteiger partial charge in [-0.25, -0.2) is 9.07 Å². The Bertz CT molecular complexity index is 1660. The second kappa shape index (κ2) is 10.6. The molecule has 8 nitrogen and oxygen atoms in total. The molecule has 212 valence electrons. The monoisotopic (exact) mass is 566 g/mol. The molecular weight excluding hydrogens is 540 g/mol. The molecule has 2 aliphatic rings. The number of nitrogens with zero attached hydrogens (tertiary/aromatic N) is 4. The smallest absolute Gasteiger partial charge is 0.379 e. The summed E-state index contributed by atoms with van der Waals surface area (Å²) in [6.45, 7) is 4.90. The normalized spacial score (nSPS) is 17.8. The third-order valence-electron chi connectivity index (χ3n) is 7.27. The average Bonchev–Trinajstić information content (AvgIpc) is 3.33. The van der Waals surface area contributed by atoms with Gasteiger partial charge in [0.2, 0.25) is 0 Å². The molecule has 2 aromatic heterocycles. The summed E-state index contributed by atoms with van der Waals surface area (Å²) in [7, 11) is 0. The van der Waals surface area contributed by atoms with E-state index in [0.29, 0.717) is 48.7 Å². The molecule has 6 rings (SSSR count). The number of amides is 1. The van der Waals surface area contributed by atoms with Gasteiger partial charge in [-0.05, 0) is 48.2 Å². The van der Waals surface area contributed by atoms with Crippen molar-refractivity contribution in [2.45, 2.75) is 25.7 Å². The van der Waals surface area contributed by atoms with E-state index in [9.17, 15) is 22.4 Å². The predicted octanol–water partition coefficient (Wildman–Crippen LogP) is 5.35. The van der Waals surface area contributed by atoms with E-state index in [0.717, 1.165) is 29.9 Å². The van der Waals surface area contributed by atoms with Crippen LogP contribution in [0.5, 0.6) is 0 Å². The summed E-state index contributed by atoms with van der Waals surface area (Å²) in [5.41, 5.74) is 0.681. The molecule has 1 unspecified atom stereocenters. The molecule has 0 saturated carbocycles. The third-order valence-corrected chi connectivity index (χ3v) is 7.27. The molecule has 4 heterocycles. The Morgan fingerprint density at radius 2 is 1.90 bits per heavy atom. The molecule has 12 heteroatoms. The molecule has 1 atom stereocenters. The van der Waals surface area contributed by atoms with Gasteiger partial charge >= 0.3 is 6.18 Å². The minimum absolute atomic E-state index is 0.161. The number of rotatable bonds is 5. The van der Waals surface area contributed by atoms with Crippen LogP contribution in [0.25, 0.3) is 10.8 Å². The average molecular weight is 567 g/mol. The Labute approximate surface area is 232 Å². The molecule has 1 fully saturated rings. The number of alkyl halides is 3. The zero-order valence-corrected chi connectivity index (χ0v) is 22.0. The summed E-state index contributed by atoms with van der Waals surface area (Å²) in [6, 6.07) is 10.8. The molecule has 0 radical (unpaired) electrons. The van der Waals surface area contributed by atoms with E-state index in [-0.39, 0.29) is 11.1 Å². The lowest BCUT2D eigenvalue weighted by atomic mass is 9.93. The van der Waals surface area contributed by atoms with E-state index in [1.54, 1.807) is 31.5 Å². The number of aromatic nitrogens is 3. The number of carbonyl (C=O) groups is 1. The van der Waals surface area contributed by atoms with Gasteiger partial charge in [0, 0.05) is 54.9 Å². The fraction of sp³-hybridized carbons (Fsp3) is 0.276. The molecule has 0 bridgehead atoms. The van der Waals surface area contributed by atoms with Crippen LogP contribution in [-0.2, 0) is 22.3 Å². The van der Waals surface area contributed by atoms with Gasteiger partial charge in [0.05, 0.1) is 30.0 Å². The number of nitrogens with one attached hydrogen (secondary N) is 2. The highest BCUT2D eigenvalue weighted by Crippen LogP contribution is 2.39. The van der Waals surface area contributed by atoms with Gasteiger partial charge in [-0.2, -0.15) is 18.3 Å². The lowest BCUT2D eigenvalue weighted by Crippen LogP contribution is -2.35. The number of fused-ring (bicyclic) bond motifs is 2. The van der Waals surface area contributed by atoms with Crippen molar-refractivity contribution in [3.05, 3.63) is 94.8 Å². The number of ether oxygens (including phenoxy) is 1. The van der Waals surface area contributed by atoms with Crippen LogP contribution in [0.4, 0.5) is 29.1 Å². The number of morpholine rings is 1. The highest BCUT2D eigenvalue weighted by molar-refractivity contribution is 6.06. The van der Waals surface area contributed by atoms with Gasteiger partial charge in [-0.1, -0.05) is 12.1 Å². The van der Waals surface area contributed by atoms with Crippen LogP contribution < -0.4 is 10.6 Å². The van der Waals surface area contributed by atoms with Crippen LogP contribution in [0.1, 0.15) is 29.8 Å². The lowest BCUT2D eigenvalue weighted by Gasteiger charge is -2.30. The van der Waals surface area contributed by atoms with Crippen LogP contribution in [0.15, 0.2) is 72.2 Å². The Kier molecular flexibility index (Phi) is 6.96. The van der Waals surface area contributed by atoms with Gasteiger partial charge < -0.3 is 15.4 Å². The molecule has 0 aliphatic carbocycles. The minimum atomic E-state index is -4.85. The SMILES string of the molecule is CC1=C(C(=O)Nc2ccc3cnccc3c2)C(c2ccc(C(F)(F)F)c(F)c2)n2nc(CN3CCOCC3)cc2N1. The first-order chi connectivity index (χ1) is 19.7. The lowest BCUT2D eigenvalue weighted by molar-refractivity contribution is -0.140. The van der Waals surface area contributed by atoms with E-state index in [1.165, 1.54) is 10.7 Å².